The number of nitrogens with one attached hydrogen (secondary N) is 2. The predicted molar refractivity (Wildman–Crippen MR) is 118 cm³/mol. The number of amides is 1. The van der Waals surface area contributed by atoms with E-state index in [1.54, 1.807) is 47.6 Å². The maximum absolute atomic E-state index is 12.8. The van der Waals surface area contributed by atoms with Crippen molar-refractivity contribution in [2.24, 2.45) is 5.92 Å². The minimum atomic E-state index is -3.39. The molecule has 1 amide bonds. The number of hydrogen-bond donors (Lipinski definition) is 2. The van der Waals surface area contributed by atoms with Gasteiger partial charge in [0.05, 0.1) is 17.9 Å². The van der Waals surface area contributed by atoms with Gasteiger partial charge in [0.2, 0.25) is 15.9 Å². The molecule has 2 aromatic heterocycles. The van der Waals surface area contributed by atoms with E-state index in [9.17, 15) is 13.2 Å². The summed E-state index contributed by atoms with van der Waals surface area (Å²) >= 11 is 0. The maximum Gasteiger partial charge on any atom is 0.229 e. The molecule has 162 valence electrons. The number of carbonyl (C=O) groups is 1. The van der Waals surface area contributed by atoms with Crippen LogP contribution in [0.25, 0.3) is 5.82 Å². The zero-order valence-corrected chi connectivity index (χ0v) is 17.8. The van der Waals surface area contributed by atoms with Crippen LogP contribution < -0.4 is 14.9 Å². The lowest BCUT2D eigenvalue weighted by molar-refractivity contribution is -0.120. The molecule has 3 aromatic rings. The first-order valence-electron chi connectivity index (χ1n) is 9.83. The fraction of sp³-hybridized carbons (Fsp3) is 0.300. The first kappa shape index (κ1) is 20.8. The summed E-state index contributed by atoms with van der Waals surface area (Å²) in [5, 5.41) is 11.5. The quantitative estimate of drug-likeness (QED) is 0.599. The number of nitrogens with zero attached hydrogens (tertiary/aromatic N) is 5. The lowest BCUT2D eigenvalue weighted by Gasteiger charge is -2.32. The van der Waals surface area contributed by atoms with Crippen molar-refractivity contribution < 1.29 is 13.2 Å². The number of piperidine rings is 1. The van der Waals surface area contributed by atoms with Crippen molar-refractivity contribution in [2.45, 2.75) is 12.8 Å². The molecule has 1 fully saturated rings. The van der Waals surface area contributed by atoms with E-state index in [-0.39, 0.29) is 11.8 Å². The van der Waals surface area contributed by atoms with E-state index < -0.39 is 10.0 Å². The number of benzene rings is 1. The number of sulfonamides is 1. The van der Waals surface area contributed by atoms with Gasteiger partial charge in [0, 0.05) is 31.2 Å². The van der Waals surface area contributed by atoms with Crippen LogP contribution in [0.1, 0.15) is 12.8 Å². The van der Waals surface area contributed by atoms with Crippen LogP contribution in [-0.4, -0.2) is 53.4 Å². The van der Waals surface area contributed by atoms with Crippen molar-refractivity contribution in [1.29, 1.82) is 0 Å². The zero-order valence-electron chi connectivity index (χ0n) is 17.0. The van der Waals surface area contributed by atoms with Crippen molar-refractivity contribution in [2.75, 3.05) is 34.3 Å². The molecule has 1 aliphatic rings. The normalized spacial score (nSPS) is 16.7. The summed E-state index contributed by atoms with van der Waals surface area (Å²) < 4.78 is 27.0. The number of hydrogen-bond acceptors (Lipinski definition) is 7. The van der Waals surface area contributed by atoms with Gasteiger partial charge in [-0.15, -0.1) is 10.2 Å². The Hall–Kier alpha value is -3.47. The Bertz CT molecular complexity index is 1150. The Balaban J connectivity index is 1.40. The van der Waals surface area contributed by atoms with Gasteiger partial charge >= 0.3 is 0 Å². The predicted octanol–water partition coefficient (Wildman–Crippen LogP) is 1.89. The molecule has 1 aliphatic heterocycles. The number of imidazole rings is 1. The summed E-state index contributed by atoms with van der Waals surface area (Å²) in [7, 11) is -3.39. The highest BCUT2D eigenvalue weighted by Gasteiger charge is 2.27. The number of rotatable bonds is 6. The molecule has 1 aromatic carbocycles. The van der Waals surface area contributed by atoms with E-state index in [0.29, 0.717) is 23.7 Å². The highest BCUT2D eigenvalue weighted by atomic mass is 32.2. The Morgan fingerprint density at radius 2 is 1.90 bits per heavy atom. The molecule has 0 saturated carbocycles. The van der Waals surface area contributed by atoms with Crippen molar-refractivity contribution in [3.63, 3.8) is 0 Å². The third-order valence-electron chi connectivity index (χ3n) is 4.95. The molecule has 2 N–H and O–H groups in total. The van der Waals surface area contributed by atoms with Crippen LogP contribution in [-0.2, 0) is 14.8 Å². The van der Waals surface area contributed by atoms with E-state index in [1.807, 2.05) is 12.1 Å². The SMILES string of the molecule is CS(=O)(=O)Nc1cccc(NC(=O)[C@H]2CCCN(c3ccc(-n4ccnc4)nn3)C2)c1. The maximum atomic E-state index is 12.8. The zero-order chi connectivity index (χ0) is 21.8. The van der Waals surface area contributed by atoms with Gasteiger partial charge in [-0.05, 0) is 43.2 Å². The molecule has 1 atom stereocenters. The minimum absolute atomic E-state index is 0.107. The lowest BCUT2D eigenvalue weighted by Crippen LogP contribution is -2.41. The van der Waals surface area contributed by atoms with Crippen molar-refractivity contribution in [3.05, 3.63) is 55.1 Å². The Morgan fingerprint density at radius 1 is 1.13 bits per heavy atom. The van der Waals surface area contributed by atoms with Gasteiger partial charge in [-0.1, -0.05) is 6.07 Å². The third kappa shape index (κ3) is 5.37. The monoisotopic (exact) mass is 441 g/mol. The fourth-order valence-corrected chi connectivity index (χ4v) is 4.09. The second kappa shape index (κ2) is 8.72. The fourth-order valence-electron chi connectivity index (χ4n) is 3.54. The summed E-state index contributed by atoms with van der Waals surface area (Å²) in [5.41, 5.74) is 0.944. The van der Waals surface area contributed by atoms with Crippen molar-refractivity contribution >= 4 is 33.1 Å². The highest BCUT2D eigenvalue weighted by Crippen LogP contribution is 2.24. The van der Waals surface area contributed by atoms with Crippen LogP contribution in [0.15, 0.2) is 55.1 Å². The molecule has 3 heterocycles. The van der Waals surface area contributed by atoms with Crippen LogP contribution in [0.3, 0.4) is 0 Å². The van der Waals surface area contributed by atoms with Crippen molar-refractivity contribution in [3.8, 4) is 5.82 Å². The summed E-state index contributed by atoms with van der Waals surface area (Å²) in [6, 6.07) is 10.4. The third-order valence-corrected chi connectivity index (χ3v) is 5.56. The first-order valence-corrected chi connectivity index (χ1v) is 11.7. The van der Waals surface area contributed by atoms with Gasteiger partial charge in [0.15, 0.2) is 11.6 Å². The Kier molecular flexibility index (Phi) is 5.85. The number of aromatic nitrogens is 4. The molecule has 1 saturated heterocycles. The van der Waals surface area contributed by atoms with Gasteiger partial charge < -0.3 is 10.2 Å². The largest absolute Gasteiger partial charge is 0.354 e. The molecular weight excluding hydrogens is 418 g/mol. The van der Waals surface area contributed by atoms with E-state index in [0.717, 1.165) is 31.5 Å². The van der Waals surface area contributed by atoms with E-state index in [2.05, 4.69) is 30.1 Å². The average Bonchev–Trinajstić information content (AvgIpc) is 3.28. The van der Waals surface area contributed by atoms with Gasteiger partial charge in [0.1, 0.15) is 6.33 Å². The second-order valence-corrected chi connectivity index (χ2v) is 9.20. The first-order chi connectivity index (χ1) is 14.9. The minimum Gasteiger partial charge on any atom is -0.354 e. The van der Waals surface area contributed by atoms with Gasteiger partial charge in [0.25, 0.3) is 0 Å². The highest BCUT2D eigenvalue weighted by molar-refractivity contribution is 7.92. The smallest absolute Gasteiger partial charge is 0.229 e. The standard InChI is InChI=1S/C20H23N7O3S/c1-31(29,30)25-17-6-2-5-16(12-17)22-20(28)15-4-3-10-26(13-15)18-7-8-19(24-23-18)27-11-9-21-14-27/h2,5-9,11-12,14-15,25H,3-4,10,13H2,1H3,(H,22,28)/t15-/m0/s1. The van der Waals surface area contributed by atoms with Crippen LogP contribution >= 0.6 is 0 Å². The second-order valence-electron chi connectivity index (χ2n) is 7.45. The van der Waals surface area contributed by atoms with Crippen LogP contribution in [0, 0.1) is 5.92 Å². The van der Waals surface area contributed by atoms with Crippen LogP contribution in [0.5, 0.6) is 0 Å². The molecule has 0 spiro atoms. The van der Waals surface area contributed by atoms with Crippen molar-refractivity contribution in [1.82, 2.24) is 19.7 Å². The molecule has 31 heavy (non-hydrogen) atoms. The number of carbonyl (C=O) groups excluding carboxylic acids is 1. The lowest BCUT2D eigenvalue weighted by atomic mass is 9.97. The topological polar surface area (TPSA) is 122 Å². The average molecular weight is 442 g/mol. The van der Waals surface area contributed by atoms with Gasteiger partial charge in [-0.25, -0.2) is 13.4 Å². The van der Waals surface area contributed by atoms with Crippen LogP contribution in [0.4, 0.5) is 17.2 Å². The molecule has 11 heteroatoms. The molecular formula is C20H23N7O3S. The molecule has 10 nitrogen and oxygen atoms in total. The summed E-state index contributed by atoms with van der Waals surface area (Å²) in [6.45, 7) is 1.34. The molecule has 0 aliphatic carbocycles. The van der Waals surface area contributed by atoms with Crippen LogP contribution in [0.2, 0.25) is 0 Å². The van der Waals surface area contributed by atoms with E-state index in [4.69, 9.17) is 0 Å². The van der Waals surface area contributed by atoms with E-state index >= 15 is 0 Å². The summed E-state index contributed by atoms with van der Waals surface area (Å²) in [5.74, 6) is 1.08. The molecule has 0 radical (unpaired) electrons. The summed E-state index contributed by atoms with van der Waals surface area (Å²) in [4.78, 5) is 18.9. The molecule has 0 unspecified atom stereocenters. The number of anilines is 3. The van der Waals surface area contributed by atoms with E-state index in [1.165, 1.54) is 0 Å². The Labute approximate surface area is 180 Å². The Morgan fingerprint density at radius 3 is 2.61 bits per heavy atom. The molecule has 0 bridgehead atoms. The van der Waals surface area contributed by atoms with Gasteiger partial charge in [-0.3, -0.25) is 14.1 Å². The summed E-state index contributed by atoms with van der Waals surface area (Å²) in [6.07, 6.45) is 7.84. The molecule has 4 rings (SSSR count). The van der Waals surface area contributed by atoms with Gasteiger partial charge in [-0.2, -0.15) is 0 Å².